The molecular weight excluding hydrogens is 138 g/mol. The van der Waals surface area contributed by atoms with Crippen molar-refractivity contribution >= 4 is 0 Å². The summed E-state index contributed by atoms with van der Waals surface area (Å²) in [5, 5.41) is 6.85. The lowest BCUT2D eigenvalue weighted by atomic mass is 10.0. The van der Waals surface area contributed by atoms with Crippen molar-refractivity contribution < 1.29 is 0 Å². The van der Waals surface area contributed by atoms with Crippen LogP contribution in [0.15, 0.2) is 6.20 Å². The van der Waals surface area contributed by atoms with Crippen LogP contribution in [-0.2, 0) is 6.42 Å². The Morgan fingerprint density at radius 2 is 2.45 bits per heavy atom. The zero-order valence-electron chi connectivity index (χ0n) is 7.09. The summed E-state index contributed by atoms with van der Waals surface area (Å²) in [7, 11) is 0. The summed E-state index contributed by atoms with van der Waals surface area (Å²) in [6, 6.07) is 0. The molecule has 0 aliphatic rings. The maximum atomic E-state index is 5.51. The van der Waals surface area contributed by atoms with E-state index in [1.807, 2.05) is 13.1 Å². The summed E-state index contributed by atoms with van der Waals surface area (Å²) in [6.07, 6.45) is 2.90. The number of rotatable bonds is 3. The summed E-state index contributed by atoms with van der Waals surface area (Å²) in [6.45, 7) is 4.92. The normalized spacial score (nSPS) is 13.4. The average Bonchev–Trinajstić information content (AvgIpc) is 2.37. The third kappa shape index (κ3) is 2.05. The summed E-state index contributed by atoms with van der Waals surface area (Å²) in [5.41, 5.74) is 7.95. The maximum Gasteiger partial charge on any atom is 0.0522 e. The molecule has 1 aromatic heterocycles. The lowest BCUT2D eigenvalue weighted by Crippen LogP contribution is -2.13. The second kappa shape index (κ2) is 3.53. The Bertz CT molecular complexity index is 217. The van der Waals surface area contributed by atoms with Gasteiger partial charge in [-0.3, -0.25) is 5.10 Å². The molecule has 0 saturated carbocycles. The van der Waals surface area contributed by atoms with E-state index in [4.69, 9.17) is 5.73 Å². The molecule has 0 aliphatic carbocycles. The van der Waals surface area contributed by atoms with Crippen LogP contribution in [0.1, 0.15) is 18.2 Å². The number of aromatic nitrogens is 2. The quantitative estimate of drug-likeness (QED) is 0.676. The molecule has 0 aliphatic heterocycles. The molecule has 62 valence electrons. The van der Waals surface area contributed by atoms with Crippen molar-refractivity contribution in [1.82, 2.24) is 10.2 Å². The summed E-state index contributed by atoms with van der Waals surface area (Å²) in [4.78, 5) is 0. The highest BCUT2D eigenvalue weighted by molar-refractivity contribution is 5.14. The van der Waals surface area contributed by atoms with E-state index in [0.29, 0.717) is 5.92 Å². The second-order valence-corrected chi connectivity index (χ2v) is 3.07. The van der Waals surface area contributed by atoms with Crippen LogP contribution in [0.3, 0.4) is 0 Å². The van der Waals surface area contributed by atoms with Crippen molar-refractivity contribution in [3.8, 4) is 0 Å². The molecule has 1 heterocycles. The number of H-pyrrole nitrogens is 1. The molecule has 3 heteroatoms. The molecule has 1 unspecified atom stereocenters. The molecule has 1 atom stereocenters. The molecule has 1 aromatic rings. The van der Waals surface area contributed by atoms with Gasteiger partial charge in [-0.25, -0.2) is 0 Å². The third-order valence-electron chi connectivity index (χ3n) is 1.91. The zero-order chi connectivity index (χ0) is 8.27. The summed E-state index contributed by atoms with van der Waals surface area (Å²) in [5.74, 6) is 0.547. The van der Waals surface area contributed by atoms with Gasteiger partial charge in [-0.1, -0.05) is 6.92 Å². The largest absolute Gasteiger partial charge is 0.330 e. The Balaban J connectivity index is 2.56. The smallest absolute Gasteiger partial charge is 0.0522 e. The molecule has 0 spiro atoms. The van der Waals surface area contributed by atoms with Gasteiger partial charge in [-0.05, 0) is 31.4 Å². The Kier molecular flexibility index (Phi) is 2.65. The van der Waals surface area contributed by atoms with Gasteiger partial charge in [-0.2, -0.15) is 5.10 Å². The lowest BCUT2D eigenvalue weighted by Gasteiger charge is -2.05. The van der Waals surface area contributed by atoms with Gasteiger partial charge in [0.2, 0.25) is 0 Å². The van der Waals surface area contributed by atoms with E-state index < -0.39 is 0 Å². The van der Waals surface area contributed by atoms with E-state index in [9.17, 15) is 0 Å². The van der Waals surface area contributed by atoms with Gasteiger partial charge >= 0.3 is 0 Å². The first-order valence-electron chi connectivity index (χ1n) is 3.93. The number of hydrogen-bond acceptors (Lipinski definition) is 2. The van der Waals surface area contributed by atoms with E-state index in [1.165, 1.54) is 5.56 Å². The Labute approximate surface area is 67.0 Å². The molecule has 11 heavy (non-hydrogen) atoms. The fraction of sp³-hybridized carbons (Fsp3) is 0.625. The third-order valence-corrected chi connectivity index (χ3v) is 1.91. The molecular formula is C8H15N3. The van der Waals surface area contributed by atoms with Crippen LogP contribution in [0.4, 0.5) is 0 Å². The number of aromatic amines is 1. The SMILES string of the molecule is Cc1[nH]ncc1CC(C)CN. The molecule has 3 nitrogen and oxygen atoms in total. The van der Waals surface area contributed by atoms with Crippen LogP contribution < -0.4 is 5.73 Å². The van der Waals surface area contributed by atoms with Gasteiger partial charge in [0, 0.05) is 5.69 Å². The highest BCUT2D eigenvalue weighted by atomic mass is 15.1. The summed E-state index contributed by atoms with van der Waals surface area (Å²) < 4.78 is 0. The molecule has 0 bridgehead atoms. The van der Waals surface area contributed by atoms with E-state index in [2.05, 4.69) is 17.1 Å². The van der Waals surface area contributed by atoms with E-state index in [1.54, 1.807) is 0 Å². The first kappa shape index (κ1) is 8.27. The highest BCUT2D eigenvalue weighted by Gasteiger charge is 2.04. The molecule has 1 rings (SSSR count). The Morgan fingerprint density at radius 1 is 1.73 bits per heavy atom. The maximum absolute atomic E-state index is 5.51. The zero-order valence-corrected chi connectivity index (χ0v) is 7.09. The topological polar surface area (TPSA) is 54.7 Å². The van der Waals surface area contributed by atoms with Crippen LogP contribution in [0.25, 0.3) is 0 Å². The summed E-state index contributed by atoms with van der Waals surface area (Å²) >= 11 is 0. The van der Waals surface area contributed by atoms with E-state index >= 15 is 0 Å². The number of nitrogens with zero attached hydrogens (tertiary/aromatic N) is 1. The van der Waals surface area contributed by atoms with Crippen LogP contribution in [0.2, 0.25) is 0 Å². The standard InChI is InChI=1S/C8H15N3/c1-6(4-9)3-8-5-10-11-7(8)2/h5-6H,3-4,9H2,1-2H3,(H,10,11). The fourth-order valence-electron chi connectivity index (χ4n) is 1.04. The predicted octanol–water partition coefficient (Wildman–Crippen LogP) is 0.855. The van der Waals surface area contributed by atoms with Crippen molar-refractivity contribution in [2.45, 2.75) is 20.3 Å². The molecule has 0 fully saturated rings. The lowest BCUT2D eigenvalue weighted by molar-refractivity contribution is 0.591. The molecule has 0 aromatic carbocycles. The van der Waals surface area contributed by atoms with Crippen LogP contribution in [-0.4, -0.2) is 16.7 Å². The average molecular weight is 153 g/mol. The minimum absolute atomic E-state index is 0.547. The number of hydrogen-bond donors (Lipinski definition) is 2. The van der Waals surface area contributed by atoms with Crippen molar-refractivity contribution in [1.29, 1.82) is 0 Å². The van der Waals surface area contributed by atoms with Crippen molar-refractivity contribution in [3.63, 3.8) is 0 Å². The van der Waals surface area contributed by atoms with E-state index in [-0.39, 0.29) is 0 Å². The van der Waals surface area contributed by atoms with Crippen LogP contribution >= 0.6 is 0 Å². The van der Waals surface area contributed by atoms with Crippen LogP contribution in [0, 0.1) is 12.8 Å². The molecule has 3 N–H and O–H groups in total. The van der Waals surface area contributed by atoms with Crippen molar-refractivity contribution in [2.75, 3.05) is 6.54 Å². The molecule has 0 saturated heterocycles. The fourth-order valence-corrected chi connectivity index (χ4v) is 1.04. The Morgan fingerprint density at radius 3 is 2.91 bits per heavy atom. The monoisotopic (exact) mass is 153 g/mol. The minimum Gasteiger partial charge on any atom is -0.330 e. The predicted molar refractivity (Wildman–Crippen MR) is 45.2 cm³/mol. The van der Waals surface area contributed by atoms with Gasteiger partial charge in [0.15, 0.2) is 0 Å². The first-order valence-corrected chi connectivity index (χ1v) is 3.93. The molecule has 0 amide bonds. The second-order valence-electron chi connectivity index (χ2n) is 3.07. The van der Waals surface area contributed by atoms with Gasteiger partial charge in [0.1, 0.15) is 0 Å². The Hall–Kier alpha value is -0.830. The van der Waals surface area contributed by atoms with Gasteiger partial charge in [0.05, 0.1) is 6.20 Å². The number of nitrogens with two attached hydrogens (primary N) is 1. The first-order chi connectivity index (χ1) is 5.24. The van der Waals surface area contributed by atoms with Crippen LogP contribution in [0.5, 0.6) is 0 Å². The van der Waals surface area contributed by atoms with Gasteiger partial charge < -0.3 is 5.73 Å². The highest BCUT2D eigenvalue weighted by Crippen LogP contribution is 2.08. The van der Waals surface area contributed by atoms with E-state index in [0.717, 1.165) is 18.7 Å². The number of nitrogens with one attached hydrogen (secondary N) is 1. The van der Waals surface area contributed by atoms with Crippen molar-refractivity contribution in [3.05, 3.63) is 17.5 Å². The van der Waals surface area contributed by atoms with Gasteiger partial charge in [-0.15, -0.1) is 0 Å². The molecule has 0 radical (unpaired) electrons. The van der Waals surface area contributed by atoms with Gasteiger partial charge in [0.25, 0.3) is 0 Å². The minimum atomic E-state index is 0.547. The van der Waals surface area contributed by atoms with Crippen molar-refractivity contribution in [2.24, 2.45) is 11.7 Å². The number of aryl methyl sites for hydroxylation is 1.